The van der Waals surface area contributed by atoms with Crippen LogP contribution in [0.4, 0.5) is 0 Å². The van der Waals surface area contributed by atoms with Gasteiger partial charge in [-0.1, -0.05) is 60.7 Å². The highest BCUT2D eigenvalue weighted by molar-refractivity contribution is 6.17. The van der Waals surface area contributed by atoms with Crippen LogP contribution in [0.3, 0.4) is 0 Å². The minimum absolute atomic E-state index is 0.173. The van der Waals surface area contributed by atoms with Crippen LogP contribution in [0.15, 0.2) is 78.9 Å². The van der Waals surface area contributed by atoms with Gasteiger partial charge in [0.15, 0.2) is 0 Å². The molecule has 4 aromatic rings. The lowest BCUT2D eigenvalue weighted by molar-refractivity contribution is -0.0393. The van der Waals surface area contributed by atoms with Crippen LogP contribution in [-0.4, -0.2) is 12.7 Å². The van der Waals surface area contributed by atoms with Crippen LogP contribution in [0.25, 0.3) is 33.0 Å². The summed E-state index contributed by atoms with van der Waals surface area (Å²) in [5.41, 5.74) is 8.72. The second-order valence-electron chi connectivity index (χ2n) is 11.4. The van der Waals surface area contributed by atoms with E-state index in [4.69, 9.17) is 9.68 Å². The summed E-state index contributed by atoms with van der Waals surface area (Å²) in [6.45, 7) is 0. The zero-order valence-corrected chi connectivity index (χ0v) is 19.8. The highest BCUT2D eigenvalue weighted by Gasteiger charge is 2.61. The zero-order valence-electron chi connectivity index (χ0n) is 19.8. The molecule has 2 nitrogen and oxygen atoms in total. The average Bonchev–Trinajstić information content (AvgIpc) is 3.18. The Balaban J connectivity index is 1.37. The average molecular weight is 455 g/mol. The molecule has 35 heavy (non-hydrogen) atoms. The van der Waals surface area contributed by atoms with Gasteiger partial charge in [0, 0.05) is 5.41 Å². The fourth-order valence-corrected chi connectivity index (χ4v) is 8.95. The fraction of sp³-hybridized carbons (Fsp3) is 0.312. The second-order valence-corrected chi connectivity index (χ2v) is 11.4. The number of benzene rings is 4. The second kappa shape index (κ2) is 7.24. The van der Waals surface area contributed by atoms with E-state index in [0.29, 0.717) is 5.75 Å². The van der Waals surface area contributed by atoms with Crippen molar-refractivity contribution in [2.24, 2.45) is 23.7 Å². The van der Waals surface area contributed by atoms with E-state index >= 15 is 0 Å². The van der Waals surface area contributed by atoms with E-state index in [-0.39, 0.29) is 5.41 Å². The molecule has 0 aromatic heterocycles. The fourth-order valence-electron chi connectivity index (χ4n) is 8.95. The van der Waals surface area contributed by atoms with Crippen LogP contribution in [-0.2, 0) is 5.41 Å². The first-order chi connectivity index (χ1) is 17.3. The van der Waals surface area contributed by atoms with Gasteiger partial charge in [0.05, 0.1) is 0 Å². The summed E-state index contributed by atoms with van der Waals surface area (Å²) >= 11 is 0. The number of fused-ring (bicyclic) bond motifs is 5. The first kappa shape index (κ1) is 20.2. The van der Waals surface area contributed by atoms with Crippen molar-refractivity contribution in [1.29, 1.82) is 0 Å². The molecule has 3 heteroatoms. The molecule has 0 amide bonds. The molecular formula is C32H28BO2. The Morgan fingerprint density at radius 3 is 2.17 bits per heavy atom. The molecule has 0 unspecified atom stereocenters. The molecule has 4 bridgehead atoms. The molecule has 4 fully saturated rings. The van der Waals surface area contributed by atoms with Crippen LogP contribution < -0.4 is 4.65 Å². The smallest absolute Gasteiger partial charge is 0.537 e. The van der Waals surface area contributed by atoms with Crippen molar-refractivity contribution >= 4 is 18.5 Å². The van der Waals surface area contributed by atoms with Crippen LogP contribution in [0.1, 0.15) is 43.2 Å². The normalized spacial score (nSPS) is 29.4. The van der Waals surface area contributed by atoms with Gasteiger partial charge < -0.3 is 9.68 Å². The van der Waals surface area contributed by atoms with Gasteiger partial charge in [-0.2, -0.15) is 0 Å². The zero-order chi connectivity index (χ0) is 23.1. The third kappa shape index (κ3) is 2.65. The molecule has 0 saturated heterocycles. The third-order valence-corrected chi connectivity index (χ3v) is 9.90. The van der Waals surface area contributed by atoms with E-state index in [0.717, 1.165) is 31.4 Å². The van der Waals surface area contributed by atoms with Gasteiger partial charge in [0.1, 0.15) is 5.75 Å². The minimum Gasteiger partial charge on any atom is -0.537 e. The maximum Gasteiger partial charge on any atom is 0.569 e. The molecule has 0 aliphatic heterocycles. The summed E-state index contributed by atoms with van der Waals surface area (Å²) in [6, 6.07) is 29.1. The molecule has 9 rings (SSSR count). The van der Waals surface area contributed by atoms with E-state index < -0.39 is 0 Å². The highest BCUT2D eigenvalue weighted by atomic mass is 16.5. The Bertz CT molecular complexity index is 1440. The van der Waals surface area contributed by atoms with E-state index in [1.54, 1.807) is 11.1 Å². The largest absolute Gasteiger partial charge is 0.569 e. The van der Waals surface area contributed by atoms with Crippen molar-refractivity contribution in [2.75, 3.05) is 0 Å². The summed E-state index contributed by atoms with van der Waals surface area (Å²) in [7, 11) is 0.732. The van der Waals surface area contributed by atoms with Crippen molar-refractivity contribution in [1.82, 2.24) is 0 Å². The first-order valence-electron chi connectivity index (χ1n) is 13.2. The highest BCUT2D eigenvalue weighted by Crippen LogP contribution is 2.70. The molecule has 5 aliphatic carbocycles. The van der Waals surface area contributed by atoms with E-state index in [2.05, 4.69) is 66.7 Å². The van der Waals surface area contributed by atoms with Crippen LogP contribution in [0.2, 0.25) is 0 Å². The minimum atomic E-state index is 0.173. The third-order valence-electron chi connectivity index (χ3n) is 9.90. The molecule has 1 radical (unpaired) electrons. The molecule has 1 N–H and O–H groups in total. The number of rotatable bonds is 3. The SMILES string of the molecule is O[B]Oc1ccc(-c2ccc3c(c2)-c2ccc4ccccc4c2C32C3CC4CC(C3)CC2C4)cc1. The number of hydrogen-bond acceptors (Lipinski definition) is 2. The van der Waals surface area contributed by atoms with Gasteiger partial charge in [-0.05, 0) is 118 Å². The predicted molar refractivity (Wildman–Crippen MR) is 141 cm³/mol. The van der Waals surface area contributed by atoms with Crippen LogP contribution in [0.5, 0.6) is 5.75 Å². The summed E-state index contributed by atoms with van der Waals surface area (Å²) in [4.78, 5) is 0. The summed E-state index contributed by atoms with van der Waals surface area (Å²) in [6.07, 6.45) is 7.09. The molecule has 0 heterocycles. The molecule has 4 saturated carbocycles. The van der Waals surface area contributed by atoms with E-state index in [1.807, 2.05) is 12.1 Å². The Hall–Kier alpha value is -3.04. The van der Waals surface area contributed by atoms with Crippen molar-refractivity contribution in [2.45, 2.75) is 37.5 Å². The number of hydrogen-bond donors (Lipinski definition) is 1. The lowest BCUT2D eigenvalue weighted by atomic mass is 9.43. The maximum absolute atomic E-state index is 8.94. The van der Waals surface area contributed by atoms with Gasteiger partial charge in [-0.3, -0.25) is 0 Å². The molecule has 0 atom stereocenters. The monoisotopic (exact) mass is 455 g/mol. The molecule has 4 aromatic carbocycles. The standard InChI is InChI=1S/C32H28BO2/c34-33-35-26-9-5-21(6-10-26)23-8-12-30-29(18-23)28-11-7-22-3-1-2-4-27(22)31(28)32(30)24-14-19-13-20(16-24)17-25(32)15-19/h1-12,18-20,24-25,34H,13-17H2. The Labute approximate surface area is 207 Å². The Morgan fingerprint density at radius 1 is 0.714 bits per heavy atom. The lowest BCUT2D eigenvalue weighted by Gasteiger charge is -2.61. The van der Waals surface area contributed by atoms with E-state index in [9.17, 15) is 0 Å². The summed E-state index contributed by atoms with van der Waals surface area (Å²) in [5, 5.41) is 11.8. The first-order valence-corrected chi connectivity index (χ1v) is 13.2. The van der Waals surface area contributed by atoms with Gasteiger partial charge in [-0.15, -0.1) is 0 Å². The predicted octanol–water partition coefficient (Wildman–Crippen LogP) is 7.13. The van der Waals surface area contributed by atoms with Crippen molar-refractivity contribution in [3.05, 3.63) is 90.0 Å². The summed E-state index contributed by atoms with van der Waals surface area (Å²) in [5.74, 6) is 4.06. The molecular weight excluding hydrogens is 427 g/mol. The molecule has 5 aliphatic rings. The van der Waals surface area contributed by atoms with Crippen molar-refractivity contribution < 1.29 is 9.68 Å². The lowest BCUT2D eigenvalue weighted by Crippen LogP contribution is -2.55. The topological polar surface area (TPSA) is 29.5 Å². The van der Waals surface area contributed by atoms with Crippen molar-refractivity contribution in [3.63, 3.8) is 0 Å². The van der Waals surface area contributed by atoms with Gasteiger partial charge in [0.25, 0.3) is 0 Å². The maximum atomic E-state index is 8.94. The molecule has 171 valence electrons. The van der Waals surface area contributed by atoms with Gasteiger partial charge in [-0.25, -0.2) is 0 Å². The van der Waals surface area contributed by atoms with Gasteiger partial charge in [0.2, 0.25) is 0 Å². The van der Waals surface area contributed by atoms with Gasteiger partial charge >= 0.3 is 7.69 Å². The Kier molecular flexibility index (Phi) is 4.18. The van der Waals surface area contributed by atoms with E-state index in [1.165, 1.54) is 65.1 Å². The Morgan fingerprint density at radius 2 is 1.43 bits per heavy atom. The van der Waals surface area contributed by atoms with Crippen LogP contribution >= 0.6 is 0 Å². The van der Waals surface area contributed by atoms with Crippen molar-refractivity contribution in [3.8, 4) is 28.0 Å². The summed E-state index contributed by atoms with van der Waals surface area (Å²) < 4.78 is 5.12. The quantitative estimate of drug-likeness (QED) is 0.333. The van der Waals surface area contributed by atoms with Crippen LogP contribution in [0, 0.1) is 23.7 Å². The molecule has 1 spiro atoms.